The van der Waals surface area contributed by atoms with Crippen LogP contribution in [0.4, 0.5) is 0 Å². The van der Waals surface area contributed by atoms with Gasteiger partial charge in [0.25, 0.3) is 0 Å². The van der Waals surface area contributed by atoms with Gasteiger partial charge in [0.05, 0.1) is 12.7 Å². The molecule has 0 radical (unpaired) electrons. The summed E-state index contributed by atoms with van der Waals surface area (Å²) in [5, 5.41) is 3.43. The predicted octanol–water partition coefficient (Wildman–Crippen LogP) is 3.08. The van der Waals surface area contributed by atoms with Gasteiger partial charge >= 0.3 is 0 Å². The van der Waals surface area contributed by atoms with Gasteiger partial charge in [0.2, 0.25) is 5.88 Å². The van der Waals surface area contributed by atoms with Crippen molar-refractivity contribution in [2.45, 2.75) is 45.3 Å². The van der Waals surface area contributed by atoms with Crippen LogP contribution in [0, 0.1) is 0 Å². The molecular formula is C20H35IN4O3. The molecule has 1 fully saturated rings. The molecule has 2 rings (SSSR count). The number of pyridine rings is 1. The molecule has 1 saturated heterocycles. The zero-order valence-electron chi connectivity index (χ0n) is 17.4. The van der Waals surface area contributed by atoms with Crippen molar-refractivity contribution in [1.29, 1.82) is 0 Å². The largest absolute Gasteiger partial charge is 0.478 e. The smallest absolute Gasteiger partial charge is 0.213 e. The Bertz CT molecular complexity index is 549. The molecule has 1 aromatic rings. The van der Waals surface area contributed by atoms with Gasteiger partial charge in [-0.15, -0.1) is 24.0 Å². The number of halogens is 1. The quantitative estimate of drug-likeness (QED) is 0.228. The van der Waals surface area contributed by atoms with Crippen molar-refractivity contribution in [2.75, 3.05) is 47.1 Å². The molecule has 0 unspecified atom stereocenters. The zero-order valence-corrected chi connectivity index (χ0v) is 19.7. The van der Waals surface area contributed by atoms with Gasteiger partial charge in [0.15, 0.2) is 5.96 Å². The van der Waals surface area contributed by atoms with Gasteiger partial charge in [0.1, 0.15) is 0 Å². The Hall–Kier alpha value is -1.13. The molecular weight excluding hydrogens is 471 g/mol. The molecule has 28 heavy (non-hydrogen) atoms. The van der Waals surface area contributed by atoms with Crippen LogP contribution in [0.2, 0.25) is 0 Å². The number of aromatic nitrogens is 1. The molecule has 1 aliphatic heterocycles. The van der Waals surface area contributed by atoms with Crippen molar-refractivity contribution in [3.05, 3.63) is 23.9 Å². The van der Waals surface area contributed by atoms with Crippen molar-refractivity contribution >= 4 is 29.9 Å². The maximum atomic E-state index is 5.93. The molecule has 2 heterocycles. The predicted molar refractivity (Wildman–Crippen MR) is 123 cm³/mol. The van der Waals surface area contributed by atoms with Gasteiger partial charge in [-0.25, -0.2) is 4.98 Å². The van der Waals surface area contributed by atoms with E-state index in [1.807, 2.05) is 25.4 Å². The normalized spacial score (nSPS) is 15.2. The first kappa shape index (κ1) is 24.9. The standard InChI is InChI=1S/C20H34N4O3.HI/c1-4-12-27-19-7-6-17(15-22-19)16-23-20(21-2)24-10-8-18(9-11-24)26-14-5-13-25-3;/h6-7,15,18H,4-5,8-14,16H2,1-3H3,(H,21,23);1H. The highest BCUT2D eigenvalue weighted by Gasteiger charge is 2.21. The van der Waals surface area contributed by atoms with E-state index in [9.17, 15) is 0 Å². The molecule has 0 amide bonds. The number of aliphatic imine (C=N–C) groups is 1. The first-order chi connectivity index (χ1) is 13.3. The summed E-state index contributed by atoms with van der Waals surface area (Å²) in [6, 6.07) is 3.96. The number of hydrogen-bond donors (Lipinski definition) is 1. The van der Waals surface area contributed by atoms with Crippen LogP contribution in [0.3, 0.4) is 0 Å². The molecule has 0 saturated carbocycles. The third-order valence-corrected chi connectivity index (χ3v) is 4.50. The van der Waals surface area contributed by atoms with Crippen LogP contribution < -0.4 is 10.1 Å². The average Bonchev–Trinajstić information content (AvgIpc) is 2.72. The second kappa shape index (κ2) is 14.8. The zero-order chi connectivity index (χ0) is 19.3. The number of hydrogen-bond acceptors (Lipinski definition) is 5. The maximum absolute atomic E-state index is 5.93. The Balaban J connectivity index is 0.00000392. The molecule has 7 nitrogen and oxygen atoms in total. The van der Waals surface area contributed by atoms with Crippen LogP contribution in [0.1, 0.15) is 38.2 Å². The third kappa shape index (κ3) is 8.91. The van der Waals surface area contributed by atoms with Crippen LogP contribution in [0.25, 0.3) is 0 Å². The fourth-order valence-corrected chi connectivity index (χ4v) is 3.01. The molecule has 0 bridgehead atoms. The Kier molecular flexibility index (Phi) is 13.2. The molecule has 1 N–H and O–H groups in total. The summed E-state index contributed by atoms with van der Waals surface area (Å²) < 4.78 is 16.5. The minimum absolute atomic E-state index is 0. The summed E-state index contributed by atoms with van der Waals surface area (Å²) in [4.78, 5) is 11.1. The fraction of sp³-hybridized carbons (Fsp3) is 0.700. The van der Waals surface area contributed by atoms with E-state index in [0.29, 0.717) is 25.1 Å². The van der Waals surface area contributed by atoms with E-state index in [0.717, 1.165) is 63.5 Å². The highest BCUT2D eigenvalue weighted by atomic mass is 127. The summed E-state index contributed by atoms with van der Waals surface area (Å²) in [5.41, 5.74) is 1.11. The van der Waals surface area contributed by atoms with Gasteiger partial charge in [-0.1, -0.05) is 13.0 Å². The first-order valence-electron chi connectivity index (χ1n) is 9.90. The Morgan fingerprint density at radius 3 is 2.64 bits per heavy atom. The summed E-state index contributed by atoms with van der Waals surface area (Å²) in [7, 11) is 3.55. The molecule has 1 aromatic heterocycles. The minimum atomic E-state index is 0. The van der Waals surface area contributed by atoms with Gasteiger partial charge < -0.3 is 24.4 Å². The fourth-order valence-electron chi connectivity index (χ4n) is 3.01. The molecule has 160 valence electrons. The Labute approximate surface area is 186 Å². The second-order valence-electron chi connectivity index (χ2n) is 6.66. The number of nitrogens with one attached hydrogen (secondary N) is 1. The van der Waals surface area contributed by atoms with E-state index in [1.54, 1.807) is 7.11 Å². The molecule has 1 aliphatic rings. The summed E-state index contributed by atoms with van der Waals surface area (Å²) >= 11 is 0. The number of nitrogens with zero attached hydrogens (tertiary/aromatic N) is 3. The Morgan fingerprint density at radius 2 is 2.04 bits per heavy atom. The molecule has 0 spiro atoms. The van der Waals surface area contributed by atoms with Crippen LogP contribution in [-0.4, -0.2) is 69.0 Å². The van der Waals surface area contributed by atoms with E-state index in [2.05, 4.69) is 27.1 Å². The number of piperidine rings is 1. The lowest BCUT2D eigenvalue weighted by Crippen LogP contribution is -2.46. The van der Waals surface area contributed by atoms with Gasteiger partial charge in [0, 0.05) is 59.3 Å². The minimum Gasteiger partial charge on any atom is -0.478 e. The van der Waals surface area contributed by atoms with Gasteiger partial charge in [-0.3, -0.25) is 4.99 Å². The summed E-state index contributed by atoms with van der Waals surface area (Å²) in [6.07, 6.45) is 6.19. The number of likely N-dealkylation sites (tertiary alicyclic amines) is 1. The van der Waals surface area contributed by atoms with Crippen molar-refractivity contribution in [3.63, 3.8) is 0 Å². The van der Waals surface area contributed by atoms with Gasteiger partial charge in [-0.05, 0) is 31.2 Å². The van der Waals surface area contributed by atoms with E-state index < -0.39 is 0 Å². The van der Waals surface area contributed by atoms with Crippen molar-refractivity contribution < 1.29 is 14.2 Å². The monoisotopic (exact) mass is 506 g/mol. The molecule has 8 heteroatoms. The van der Waals surface area contributed by atoms with E-state index >= 15 is 0 Å². The van der Waals surface area contributed by atoms with Crippen LogP contribution in [0.15, 0.2) is 23.3 Å². The summed E-state index contributed by atoms with van der Waals surface area (Å²) in [6.45, 7) is 6.92. The van der Waals surface area contributed by atoms with Gasteiger partial charge in [-0.2, -0.15) is 0 Å². The van der Waals surface area contributed by atoms with E-state index in [4.69, 9.17) is 14.2 Å². The average molecular weight is 506 g/mol. The number of methoxy groups -OCH3 is 1. The van der Waals surface area contributed by atoms with Crippen molar-refractivity contribution in [3.8, 4) is 5.88 Å². The van der Waals surface area contributed by atoms with E-state index in [1.165, 1.54) is 0 Å². The molecule has 0 aliphatic carbocycles. The molecule has 0 aromatic carbocycles. The number of rotatable bonds is 10. The van der Waals surface area contributed by atoms with Crippen molar-refractivity contribution in [1.82, 2.24) is 15.2 Å². The van der Waals surface area contributed by atoms with Crippen molar-refractivity contribution in [2.24, 2.45) is 4.99 Å². The number of guanidine groups is 1. The lowest BCUT2D eigenvalue weighted by molar-refractivity contribution is 0.00989. The van der Waals surface area contributed by atoms with Crippen LogP contribution in [0.5, 0.6) is 5.88 Å². The molecule has 0 atom stereocenters. The van der Waals surface area contributed by atoms with Crippen LogP contribution in [-0.2, 0) is 16.0 Å². The lowest BCUT2D eigenvalue weighted by Gasteiger charge is -2.34. The highest BCUT2D eigenvalue weighted by molar-refractivity contribution is 14.0. The number of ether oxygens (including phenoxy) is 3. The van der Waals surface area contributed by atoms with E-state index in [-0.39, 0.29) is 24.0 Å². The second-order valence-corrected chi connectivity index (χ2v) is 6.66. The Morgan fingerprint density at radius 1 is 1.25 bits per heavy atom. The summed E-state index contributed by atoms with van der Waals surface area (Å²) in [5.74, 6) is 1.61. The highest BCUT2D eigenvalue weighted by Crippen LogP contribution is 2.14. The van der Waals surface area contributed by atoms with Crippen LogP contribution >= 0.6 is 24.0 Å². The first-order valence-corrected chi connectivity index (χ1v) is 9.90. The third-order valence-electron chi connectivity index (χ3n) is 4.50. The topological polar surface area (TPSA) is 68.2 Å². The lowest BCUT2D eigenvalue weighted by atomic mass is 10.1. The SMILES string of the molecule is CCCOc1ccc(CNC(=NC)N2CCC(OCCCOC)CC2)cn1.I. The maximum Gasteiger partial charge on any atom is 0.213 e.